The zero-order chi connectivity index (χ0) is 32.6. The standard InChI is InChI=1S/C29H32Cl2N4O2.C2HF3O2/c1-33(24-13-14-25(30)26(31)17-24)19-28(36)34(2)27(18-35-15-3-4-16-35)22-9-5-20(6-10-22)21-7-11-23(12-8-21)29(32)37;3-2(4,5)1(6)7/h5-14,17,27H,3-4,15-16,18-19H2,1-2H3,(H2,32,37);(H,6,7). The summed E-state index contributed by atoms with van der Waals surface area (Å²) in [6.07, 6.45) is -2.71. The van der Waals surface area contributed by atoms with E-state index < -0.39 is 18.1 Å². The fourth-order valence-electron chi connectivity index (χ4n) is 4.69. The summed E-state index contributed by atoms with van der Waals surface area (Å²) in [7, 11) is 3.75. The first-order chi connectivity index (χ1) is 20.7. The van der Waals surface area contributed by atoms with Gasteiger partial charge >= 0.3 is 12.1 Å². The molecule has 13 heteroatoms. The highest BCUT2D eigenvalue weighted by Gasteiger charge is 2.38. The minimum absolute atomic E-state index is 0.0175. The Bertz CT molecular complexity index is 1450. The third-order valence-electron chi connectivity index (χ3n) is 7.25. The summed E-state index contributed by atoms with van der Waals surface area (Å²) in [4.78, 5) is 39.8. The van der Waals surface area contributed by atoms with Crippen molar-refractivity contribution < 1.29 is 32.7 Å². The zero-order valence-corrected chi connectivity index (χ0v) is 25.7. The molecule has 0 radical (unpaired) electrons. The van der Waals surface area contributed by atoms with E-state index in [0.29, 0.717) is 15.6 Å². The van der Waals surface area contributed by atoms with Crippen molar-refractivity contribution in [1.29, 1.82) is 0 Å². The topological polar surface area (TPSA) is 107 Å². The quantitative estimate of drug-likeness (QED) is 0.288. The van der Waals surface area contributed by atoms with Crippen LogP contribution in [-0.4, -0.2) is 79.1 Å². The fourth-order valence-corrected chi connectivity index (χ4v) is 4.98. The van der Waals surface area contributed by atoms with Crippen LogP contribution in [0.4, 0.5) is 18.9 Å². The molecule has 236 valence electrons. The number of aliphatic carboxylic acids is 1. The van der Waals surface area contributed by atoms with Crippen LogP contribution < -0.4 is 10.6 Å². The SMILES string of the molecule is CN(CC(=O)N(C)C(CN1CCCC1)c1ccc(-c2ccc(C(N)=O)cc2)cc1)c1ccc(Cl)c(Cl)c1.O=C(O)C(F)(F)F. The maximum absolute atomic E-state index is 13.4. The van der Waals surface area contributed by atoms with Crippen LogP contribution in [0.15, 0.2) is 66.7 Å². The van der Waals surface area contributed by atoms with Gasteiger partial charge in [-0.3, -0.25) is 9.59 Å². The molecule has 2 amide bonds. The van der Waals surface area contributed by atoms with Gasteiger partial charge < -0.3 is 25.5 Å². The van der Waals surface area contributed by atoms with Gasteiger partial charge in [0.05, 0.1) is 22.6 Å². The molecule has 3 aromatic rings. The third-order valence-corrected chi connectivity index (χ3v) is 7.99. The number of carboxylic acid groups (broad SMARTS) is 1. The maximum atomic E-state index is 13.4. The van der Waals surface area contributed by atoms with Crippen molar-refractivity contribution in [2.75, 3.05) is 45.2 Å². The number of benzene rings is 3. The Morgan fingerprint density at radius 2 is 1.43 bits per heavy atom. The summed E-state index contributed by atoms with van der Waals surface area (Å²) in [5.41, 5.74) is 9.79. The van der Waals surface area contributed by atoms with E-state index in [-0.39, 0.29) is 18.5 Å². The minimum Gasteiger partial charge on any atom is -0.475 e. The summed E-state index contributed by atoms with van der Waals surface area (Å²) in [6.45, 7) is 3.10. The Kier molecular flexibility index (Phi) is 12.0. The van der Waals surface area contributed by atoms with Gasteiger partial charge in [0.15, 0.2) is 0 Å². The number of likely N-dealkylation sites (tertiary alicyclic amines) is 1. The highest BCUT2D eigenvalue weighted by Crippen LogP contribution is 2.29. The van der Waals surface area contributed by atoms with Crippen LogP contribution in [0.5, 0.6) is 0 Å². The molecular weight excluding hydrogens is 620 g/mol. The van der Waals surface area contributed by atoms with Gasteiger partial charge in [0, 0.05) is 31.9 Å². The molecule has 1 aliphatic rings. The van der Waals surface area contributed by atoms with E-state index in [9.17, 15) is 22.8 Å². The van der Waals surface area contributed by atoms with Crippen LogP contribution in [0.25, 0.3) is 11.1 Å². The molecule has 0 bridgehead atoms. The van der Waals surface area contributed by atoms with E-state index in [0.717, 1.165) is 42.0 Å². The predicted octanol–water partition coefficient (Wildman–Crippen LogP) is 6.12. The van der Waals surface area contributed by atoms with E-state index >= 15 is 0 Å². The van der Waals surface area contributed by atoms with Crippen molar-refractivity contribution in [3.8, 4) is 11.1 Å². The number of hydrogen-bond acceptors (Lipinski definition) is 5. The van der Waals surface area contributed by atoms with Gasteiger partial charge in [-0.15, -0.1) is 0 Å². The lowest BCUT2D eigenvalue weighted by Crippen LogP contribution is -2.42. The number of amides is 2. The van der Waals surface area contributed by atoms with E-state index in [2.05, 4.69) is 29.2 Å². The predicted molar refractivity (Wildman–Crippen MR) is 165 cm³/mol. The fraction of sp³-hybridized carbons (Fsp3) is 0.323. The monoisotopic (exact) mass is 652 g/mol. The highest BCUT2D eigenvalue weighted by molar-refractivity contribution is 6.42. The molecule has 1 heterocycles. The average Bonchev–Trinajstić information content (AvgIpc) is 3.50. The molecule has 8 nitrogen and oxygen atoms in total. The summed E-state index contributed by atoms with van der Waals surface area (Å²) in [6, 6.07) is 20.8. The minimum atomic E-state index is -5.08. The lowest BCUT2D eigenvalue weighted by molar-refractivity contribution is -0.192. The number of halogens is 5. The maximum Gasteiger partial charge on any atom is 0.490 e. The van der Waals surface area contributed by atoms with Crippen molar-refractivity contribution in [1.82, 2.24) is 9.80 Å². The number of hydrogen-bond donors (Lipinski definition) is 2. The summed E-state index contributed by atoms with van der Waals surface area (Å²) in [5.74, 6) is -3.18. The highest BCUT2D eigenvalue weighted by atomic mass is 35.5. The molecule has 0 aliphatic carbocycles. The number of alkyl halides is 3. The Morgan fingerprint density at radius 1 is 0.909 bits per heavy atom. The van der Waals surface area contributed by atoms with Gasteiger partial charge in [-0.1, -0.05) is 59.6 Å². The molecule has 3 N–H and O–H groups in total. The second kappa shape index (κ2) is 15.3. The number of likely N-dealkylation sites (N-methyl/N-ethyl adjacent to an activating group) is 2. The first kappa shape index (κ1) is 34.7. The number of rotatable bonds is 9. The molecule has 1 fully saturated rings. The second-order valence-electron chi connectivity index (χ2n) is 10.3. The number of carboxylic acids is 1. The second-order valence-corrected chi connectivity index (χ2v) is 11.2. The molecule has 44 heavy (non-hydrogen) atoms. The molecular formula is C31H33Cl2F3N4O4. The molecule has 0 aromatic heterocycles. The molecule has 4 rings (SSSR count). The number of carbonyl (C=O) groups is 3. The van der Waals surface area contributed by atoms with Gasteiger partial charge in [0.2, 0.25) is 11.8 Å². The lowest BCUT2D eigenvalue weighted by Gasteiger charge is -2.33. The van der Waals surface area contributed by atoms with Crippen LogP contribution in [0.1, 0.15) is 34.8 Å². The van der Waals surface area contributed by atoms with Crippen LogP contribution in [0.3, 0.4) is 0 Å². The largest absolute Gasteiger partial charge is 0.490 e. The lowest BCUT2D eigenvalue weighted by atomic mass is 9.99. The zero-order valence-electron chi connectivity index (χ0n) is 24.2. The number of carbonyl (C=O) groups excluding carboxylic acids is 2. The van der Waals surface area contributed by atoms with Crippen LogP contribution in [0, 0.1) is 0 Å². The van der Waals surface area contributed by atoms with Gasteiger partial charge in [0.25, 0.3) is 0 Å². The average molecular weight is 654 g/mol. The first-order valence-corrected chi connectivity index (χ1v) is 14.4. The van der Waals surface area contributed by atoms with Crippen molar-refractivity contribution in [3.63, 3.8) is 0 Å². The van der Waals surface area contributed by atoms with Gasteiger partial charge in [-0.25, -0.2) is 4.79 Å². The van der Waals surface area contributed by atoms with E-state index in [1.165, 1.54) is 12.8 Å². The molecule has 0 spiro atoms. The smallest absolute Gasteiger partial charge is 0.475 e. The van der Waals surface area contributed by atoms with Gasteiger partial charge in [-0.2, -0.15) is 13.2 Å². The van der Waals surface area contributed by atoms with Crippen LogP contribution >= 0.6 is 23.2 Å². The van der Waals surface area contributed by atoms with Crippen LogP contribution in [-0.2, 0) is 9.59 Å². The van der Waals surface area contributed by atoms with Crippen molar-refractivity contribution in [3.05, 3.63) is 87.9 Å². The van der Waals surface area contributed by atoms with Crippen molar-refractivity contribution in [2.24, 2.45) is 5.73 Å². The van der Waals surface area contributed by atoms with Crippen molar-refractivity contribution in [2.45, 2.75) is 25.1 Å². The molecule has 1 aliphatic heterocycles. The third kappa shape index (κ3) is 9.60. The molecule has 1 saturated heterocycles. The normalized spacial score (nSPS) is 13.9. The number of nitrogens with two attached hydrogens (primary N) is 1. The molecule has 1 atom stereocenters. The molecule has 3 aromatic carbocycles. The molecule has 1 unspecified atom stereocenters. The van der Waals surface area contributed by atoms with Crippen molar-refractivity contribution >= 4 is 46.7 Å². The van der Waals surface area contributed by atoms with E-state index in [1.807, 2.05) is 42.1 Å². The van der Waals surface area contributed by atoms with E-state index in [4.69, 9.17) is 38.8 Å². The Morgan fingerprint density at radius 3 is 1.91 bits per heavy atom. The molecule has 0 saturated carbocycles. The number of anilines is 1. The first-order valence-electron chi connectivity index (χ1n) is 13.6. The van der Waals surface area contributed by atoms with E-state index in [1.54, 1.807) is 24.3 Å². The van der Waals surface area contributed by atoms with Crippen LogP contribution in [0.2, 0.25) is 10.0 Å². The Labute approximate surface area is 263 Å². The Hall–Kier alpha value is -3.80. The summed E-state index contributed by atoms with van der Waals surface area (Å²) in [5, 5.41) is 8.07. The summed E-state index contributed by atoms with van der Waals surface area (Å²) < 4.78 is 31.7. The number of nitrogens with zero attached hydrogens (tertiary/aromatic N) is 3. The Balaban J connectivity index is 0.000000676. The number of primary amides is 1. The van der Waals surface area contributed by atoms with Gasteiger partial charge in [0.1, 0.15) is 0 Å². The summed E-state index contributed by atoms with van der Waals surface area (Å²) >= 11 is 12.2. The van der Waals surface area contributed by atoms with Gasteiger partial charge in [-0.05, 0) is 73.0 Å².